The van der Waals surface area contributed by atoms with Gasteiger partial charge in [0.15, 0.2) is 0 Å². The number of halogens is 1. The van der Waals surface area contributed by atoms with Crippen molar-refractivity contribution in [3.8, 4) is 0 Å². The summed E-state index contributed by atoms with van der Waals surface area (Å²) < 4.78 is 1.98. The Balaban J connectivity index is 2.17. The highest BCUT2D eigenvalue weighted by atomic mass is 35.5. The Kier molecular flexibility index (Phi) is 5.85. The summed E-state index contributed by atoms with van der Waals surface area (Å²) >= 11 is 5.87. The van der Waals surface area contributed by atoms with E-state index in [0.717, 1.165) is 31.6 Å². The van der Waals surface area contributed by atoms with Crippen molar-refractivity contribution in [1.82, 2.24) is 15.1 Å². The highest BCUT2D eigenvalue weighted by Gasteiger charge is 2.01. The highest BCUT2D eigenvalue weighted by molar-refractivity contribution is 6.20. The molecule has 92 valence electrons. The lowest BCUT2D eigenvalue weighted by Gasteiger charge is -2.05. The van der Waals surface area contributed by atoms with E-state index < -0.39 is 0 Å². The Morgan fingerprint density at radius 1 is 1.44 bits per heavy atom. The van der Waals surface area contributed by atoms with Gasteiger partial charge in [-0.1, -0.05) is 0 Å². The molecule has 1 aromatic rings. The van der Waals surface area contributed by atoms with Crippen LogP contribution in [-0.4, -0.2) is 21.7 Å². The van der Waals surface area contributed by atoms with E-state index in [4.69, 9.17) is 11.6 Å². The van der Waals surface area contributed by atoms with Crippen LogP contribution < -0.4 is 5.32 Å². The molecule has 0 aliphatic heterocycles. The monoisotopic (exact) mass is 243 g/mol. The largest absolute Gasteiger partial charge is 0.311 e. The maximum Gasteiger partial charge on any atom is 0.0762 e. The molecule has 1 N–H and O–H groups in total. The first kappa shape index (κ1) is 13.5. The molecule has 0 saturated heterocycles. The summed E-state index contributed by atoms with van der Waals surface area (Å²) in [7, 11) is 0. The molecule has 1 unspecified atom stereocenters. The van der Waals surface area contributed by atoms with Crippen molar-refractivity contribution in [1.29, 1.82) is 0 Å². The minimum atomic E-state index is 0.280. The van der Waals surface area contributed by atoms with Gasteiger partial charge in [-0.05, 0) is 46.2 Å². The van der Waals surface area contributed by atoms with Crippen molar-refractivity contribution in [2.75, 3.05) is 6.54 Å². The van der Waals surface area contributed by atoms with Crippen LogP contribution in [0, 0.1) is 0 Å². The Morgan fingerprint density at radius 3 is 2.75 bits per heavy atom. The second-order valence-corrected chi connectivity index (χ2v) is 5.23. The molecule has 1 aromatic heterocycles. The van der Waals surface area contributed by atoms with Crippen LogP contribution in [0.25, 0.3) is 0 Å². The van der Waals surface area contributed by atoms with Gasteiger partial charge in [-0.2, -0.15) is 5.10 Å². The molecular formula is C12H22ClN3. The van der Waals surface area contributed by atoms with E-state index in [2.05, 4.69) is 30.3 Å². The predicted octanol–water partition coefficient (Wildman–Crippen LogP) is 2.96. The molecule has 0 amide bonds. The van der Waals surface area contributed by atoms with Crippen LogP contribution in [0.2, 0.25) is 0 Å². The average molecular weight is 244 g/mol. The van der Waals surface area contributed by atoms with Crippen LogP contribution >= 0.6 is 11.6 Å². The lowest BCUT2D eigenvalue weighted by atomic mass is 10.2. The number of hydrogen-bond donors (Lipinski definition) is 1. The van der Waals surface area contributed by atoms with Crippen LogP contribution in [0.5, 0.6) is 0 Å². The van der Waals surface area contributed by atoms with Gasteiger partial charge in [-0.15, -0.1) is 11.6 Å². The third kappa shape index (κ3) is 4.99. The van der Waals surface area contributed by atoms with Crippen molar-refractivity contribution >= 4 is 11.6 Å². The van der Waals surface area contributed by atoms with Crippen molar-refractivity contribution in [3.63, 3.8) is 0 Å². The van der Waals surface area contributed by atoms with Gasteiger partial charge in [0, 0.05) is 24.2 Å². The minimum absolute atomic E-state index is 0.280. The lowest BCUT2D eigenvalue weighted by Crippen LogP contribution is -2.16. The molecule has 3 nitrogen and oxygen atoms in total. The van der Waals surface area contributed by atoms with Crippen LogP contribution in [0.1, 0.15) is 45.3 Å². The number of hydrogen-bond acceptors (Lipinski definition) is 2. The van der Waals surface area contributed by atoms with Gasteiger partial charge in [-0.3, -0.25) is 4.68 Å². The zero-order chi connectivity index (χ0) is 12.0. The van der Waals surface area contributed by atoms with Crippen LogP contribution in [0.15, 0.2) is 12.3 Å². The third-order valence-corrected chi connectivity index (χ3v) is 2.67. The Hall–Kier alpha value is -0.540. The molecule has 1 atom stereocenters. The maximum absolute atomic E-state index is 5.87. The first-order chi connectivity index (χ1) is 7.59. The summed E-state index contributed by atoms with van der Waals surface area (Å²) in [5, 5.41) is 8.13. The van der Waals surface area contributed by atoms with E-state index in [1.54, 1.807) is 0 Å². The van der Waals surface area contributed by atoms with Gasteiger partial charge < -0.3 is 5.32 Å². The molecule has 0 aromatic carbocycles. The summed E-state index contributed by atoms with van der Waals surface area (Å²) in [6, 6.07) is 2.50. The van der Waals surface area contributed by atoms with Gasteiger partial charge in [0.25, 0.3) is 0 Å². The molecular weight excluding hydrogens is 222 g/mol. The number of alkyl halides is 1. The summed E-state index contributed by atoms with van der Waals surface area (Å²) in [6.07, 6.45) is 4.22. The Labute approximate surface area is 103 Å². The first-order valence-electron chi connectivity index (χ1n) is 5.98. The van der Waals surface area contributed by atoms with E-state index in [-0.39, 0.29) is 5.38 Å². The third-order valence-electron chi connectivity index (χ3n) is 2.45. The summed E-state index contributed by atoms with van der Waals surface area (Å²) in [6.45, 7) is 8.14. The Bertz CT molecular complexity index is 294. The maximum atomic E-state index is 5.87. The Morgan fingerprint density at radius 2 is 2.19 bits per heavy atom. The van der Waals surface area contributed by atoms with E-state index in [1.165, 1.54) is 0 Å². The standard InChI is InChI=1S/C12H22ClN3/c1-10(2)16-8-6-12(15-16)9-14-7-4-5-11(3)13/h6,8,10-11,14H,4-5,7,9H2,1-3H3. The first-order valence-corrected chi connectivity index (χ1v) is 6.42. The quantitative estimate of drug-likeness (QED) is 0.590. The summed E-state index contributed by atoms with van der Waals surface area (Å²) in [5.74, 6) is 0. The number of nitrogens with zero attached hydrogens (tertiary/aromatic N) is 2. The molecule has 1 rings (SSSR count). The summed E-state index contributed by atoms with van der Waals surface area (Å²) in [5.41, 5.74) is 1.10. The fourth-order valence-electron chi connectivity index (χ4n) is 1.48. The van der Waals surface area contributed by atoms with Crippen molar-refractivity contribution < 1.29 is 0 Å². The fraction of sp³-hybridized carbons (Fsp3) is 0.750. The molecule has 0 fully saturated rings. The zero-order valence-corrected chi connectivity index (χ0v) is 11.2. The predicted molar refractivity (Wildman–Crippen MR) is 68.9 cm³/mol. The molecule has 0 spiro atoms. The van der Waals surface area contributed by atoms with Gasteiger partial charge in [-0.25, -0.2) is 0 Å². The number of aromatic nitrogens is 2. The molecule has 0 aliphatic rings. The average Bonchev–Trinajstić information content (AvgIpc) is 2.65. The van der Waals surface area contributed by atoms with Gasteiger partial charge in [0.05, 0.1) is 5.69 Å². The second-order valence-electron chi connectivity index (χ2n) is 4.48. The fourth-order valence-corrected chi connectivity index (χ4v) is 1.64. The van der Waals surface area contributed by atoms with Crippen LogP contribution in [0.3, 0.4) is 0 Å². The molecule has 0 bridgehead atoms. The molecule has 0 aliphatic carbocycles. The van der Waals surface area contributed by atoms with Crippen LogP contribution in [-0.2, 0) is 6.54 Å². The number of nitrogens with one attached hydrogen (secondary N) is 1. The lowest BCUT2D eigenvalue weighted by molar-refractivity contribution is 0.520. The molecule has 0 saturated carbocycles. The minimum Gasteiger partial charge on any atom is -0.311 e. The van der Waals surface area contributed by atoms with E-state index in [1.807, 2.05) is 17.8 Å². The van der Waals surface area contributed by atoms with Crippen molar-refractivity contribution in [2.24, 2.45) is 0 Å². The van der Waals surface area contributed by atoms with E-state index >= 15 is 0 Å². The van der Waals surface area contributed by atoms with E-state index in [9.17, 15) is 0 Å². The molecule has 4 heteroatoms. The summed E-state index contributed by atoms with van der Waals surface area (Å²) in [4.78, 5) is 0. The van der Waals surface area contributed by atoms with Gasteiger partial charge in [0.1, 0.15) is 0 Å². The number of rotatable bonds is 7. The molecule has 1 heterocycles. The molecule has 0 radical (unpaired) electrons. The normalized spacial score (nSPS) is 13.3. The highest BCUT2D eigenvalue weighted by Crippen LogP contribution is 2.05. The molecule has 16 heavy (non-hydrogen) atoms. The smallest absolute Gasteiger partial charge is 0.0762 e. The van der Waals surface area contributed by atoms with E-state index in [0.29, 0.717) is 6.04 Å². The topological polar surface area (TPSA) is 29.9 Å². The van der Waals surface area contributed by atoms with Crippen LogP contribution in [0.4, 0.5) is 0 Å². The van der Waals surface area contributed by atoms with Crippen molar-refractivity contribution in [3.05, 3.63) is 18.0 Å². The van der Waals surface area contributed by atoms with Gasteiger partial charge in [0.2, 0.25) is 0 Å². The van der Waals surface area contributed by atoms with Gasteiger partial charge >= 0.3 is 0 Å². The zero-order valence-electron chi connectivity index (χ0n) is 10.4. The van der Waals surface area contributed by atoms with Crippen molar-refractivity contribution in [2.45, 2.75) is 51.6 Å². The SMILES string of the molecule is CC(Cl)CCCNCc1ccn(C(C)C)n1. The second kappa shape index (κ2) is 6.92.